The van der Waals surface area contributed by atoms with Crippen molar-refractivity contribution in [1.82, 2.24) is 0 Å². The number of hydrogen-bond acceptors (Lipinski definition) is 0. The molecule has 0 aromatic heterocycles. The molecule has 0 saturated heterocycles. The fourth-order valence-electron chi connectivity index (χ4n) is 1.32. The standard InChI is InChI=1S/C11H12Cl2F2/c1-6(2)3-8(12)7-4-10(14)11(15)5-9(7)13/h4-6,8H,3H2,1-2H3. The molecule has 15 heavy (non-hydrogen) atoms. The molecule has 0 aliphatic carbocycles. The van der Waals surface area contributed by atoms with E-state index in [4.69, 9.17) is 23.2 Å². The van der Waals surface area contributed by atoms with Gasteiger partial charge in [0.25, 0.3) is 0 Å². The van der Waals surface area contributed by atoms with E-state index in [9.17, 15) is 8.78 Å². The predicted octanol–water partition coefficient (Wildman–Crippen LogP) is 4.94. The number of benzene rings is 1. The summed E-state index contributed by atoms with van der Waals surface area (Å²) >= 11 is 11.8. The number of hydrogen-bond donors (Lipinski definition) is 0. The molecule has 0 aliphatic rings. The molecule has 84 valence electrons. The minimum atomic E-state index is -0.947. The van der Waals surface area contributed by atoms with E-state index in [1.807, 2.05) is 13.8 Å². The average Bonchev–Trinajstić information content (AvgIpc) is 2.09. The van der Waals surface area contributed by atoms with Gasteiger partial charge in [0.05, 0.1) is 5.38 Å². The number of alkyl halides is 1. The Hall–Kier alpha value is -0.340. The van der Waals surface area contributed by atoms with Crippen molar-refractivity contribution in [3.05, 3.63) is 34.4 Å². The Labute approximate surface area is 98.2 Å². The first-order valence-electron chi connectivity index (χ1n) is 4.70. The van der Waals surface area contributed by atoms with Crippen LogP contribution in [-0.2, 0) is 0 Å². The number of halogens is 4. The quantitative estimate of drug-likeness (QED) is 0.528. The Bertz CT molecular complexity index is 351. The molecule has 0 amide bonds. The second-order valence-electron chi connectivity index (χ2n) is 3.88. The molecule has 1 aromatic carbocycles. The first-order chi connectivity index (χ1) is 6.91. The Morgan fingerprint density at radius 2 is 1.73 bits per heavy atom. The highest BCUT2D eigenvalue weighted by Crippen LogP contribution is 2.33. The van der Waals surface area contributed by atoms with Crippen LogP contribution in [-0.4, -0.2) is 0 Å². The predicted molar refractivity (Wildman–Crippen MR) is 59.4 cm³/mol. The van der Waals surface area contributed by atoms with E-state index < -0.39 is 11.6 Å². The van der Waals surface area contributed by atoms with Gasteiger partial charge in [-0.15, -0.1) is 11.6 Å². The zero-order valence-electron chi connectivity index (χ0n) is 8.53. The van der Waals surface area contributed by atoms with Crippen LogP contribution in [0.15, 0.2) is 12.1 Å². The van der Waals surface area contributed by atoms with Crippen molar-refractivity contribution in [2.45, 2.75) is 25.6 Å². The highest BCUT2D eigenvalue weighted by molar-refractivity contribution is 6.32. The molecule has 0 saturated carbocycles. The summed E-state index contributed by atoms with van der Waals surface area (Å²) in [5, 5.41) is -0.206. The molecular formula is C11H12Cl2F2. The second-order valence-corrected chi connectivity index (χ2v) is 4.82. The molecule has 0 fully saturated rings. The molecule has 0 N–H and O–H groups in total. The van der Waals surface area contributed by atoms with Gasteiger partial charge in [-0.3, -0.25) is 0 Å². The summed E-state index contributed by atoms with van der Waals surface area (Å²) in [6, 6.07) is 2.03. The van der Waals surface area contributed by atoms with Crippen LogP contribution >= 0.6 is 23.2 Å². The van der Waals surface area contributed by atoms with Gasteiger partial charge in [-0.1, -0.05) is 25.4 Å². The fourth-order valence-corrected chi connectivity index (χ4v) is 2.19. The maximum atomic E-state index is 13.0. The lowest BCUT2D eigenvalue weighted by Gasteiger charge is -2.14. The third kappa shape index (κ3) is 3.32. The summed E-state index contributed by atoms with van der Waals surface area (Å²) < 4.78 is 25.7. The summed E-state index contributed by atoms with van der Waals surface area (Å²) in [6.07, 6.45) is 0.673. The largest absolute Gasteiger partial charge is 0.204 e. The maximum Gasteiger partial charge on any atom is 0.160 e. The molecular weight excluding hydrogens is 241 g/mol. The molecule has 1 unspecified atom stereocenters. The van der Waals surface area contributed by atoms with Gasteiger partial charge in [0.2, 0.25) is 0 Å². The molecule has 0 radical (unpaired) electrons. The molecule has 0 bridgehead atoms. The van der Waals surface area contributed by atoms with Gasteiger partial charge in [0.15, 0.2) is 11.6 Å². The first kappa shape index (κ1) is 12.7. The van der Waals surface area contributed by atoms with E-state index >= 15 is 0 Å². The van der Waals surface area contributed by atoms with E-state index in [-0.39, 0.29) is 10.4 Å². The zero-order chi connectivity index (χ0) is 11.6. The van der Waals surface area contributed by atoms with Gasteiger partial charge in [-0.2, -0.15) is 0 Å². The highest BCUT2D eigenvalue weighted by Gasteiger charge is 2.16. The zero-order valence-corrected chi connectivity index (χ0v) is 10.0. The van der Waals surface area contributed by atoms with E-state index in [0.717, 1.165) is 12.1 Å². The van der Waals surface area contributed by atoms with E-state index in [1.165, 1.54) is 0 Å². The van der Waals surface area contributed by atoms with Crippen molar-refractivity contribution in [3.63, 3.8) is 0 Å². The summed E-state index contributed by atoms with van der Waals surface area (Å²) in [7, 11) is 0. The molecule has 0 aliphatic heterocycles. The molecule has 1 rings (SSSR count). The minimum absolute atomic E-state index is 0.176. The Balaban J connectivity index is 2.98. The van der Waals surface area contributed by atoms with Gasteiger partial charge in [0.1, 0.15) is 0 Å². The van der Waals surface area contributed by atoms with Crippen molar-refractivity contribution in [2.75, 3.05) is 0 Å². The van der Waals surface area contributed by atoms with Crippen molar-refractivity contribution in [3.8, 4) is 0 Å². The Kier molecular flexibility index (Phi) is 4.35. The lowest BCUT2D eigenvalue weighted by Crippen LogP contribution is -1.99. The molecule has 0 heterocycles. The van der Waals surface area contributed by atoms with Crippen LogP contribution in [0.25, 0.3) is 0 Å². The number of rotatable bonds is 3. The van der Waals surface area contributed by atoms with E-state index in [2.05, 4.69) is 0 Å². The average molecular weight is 253 g/mol. The van der Waals surface area contributed by atoms with Crippen molar-refractivity contribution in [2.24, 2.45) is 5.92 Å². The highest BCUT2D eigenvalue weighted by atomic mass is 35.5. The van der Waals surface area contributed by atoms with Crippen LogP contribution < -0.4 is 0 Å². The van der Waals surface area contributed by atoms with Crippen LogP contribution in [0.3, 0.4) is 0 Å². The summed E-state index contributed by atoms with van der Waals surface area (Å²) in [5.41, 5.74) is 0.450. The molecule has 0 spiro atoms. The Morgan fingerprint density at radius 3 is 2.27 bits per heavy atom. The summed E-state index contributed by atoms with van der Waals surface area (Å²) in [6.45, 7) is 4.01. The third-order valence-electron chi connectivity index (χ3n) is 2.06. The van der Waals surface area contributed by atoms with Gasteiger partial charge >= 0.3 is 0 Å². The van der Waals surface area contributed by atoms with Gasteiger partial charge in [-0.25, -0.2) is 8.78 Å². The molecule has 4 heteroatoms. The molecule has 1 atom stereocenters. The van der Waals surface area contributed by atoms with Crippen LogP contribution in [0.4, 0.5) is 8.78 Å². The minimum Gasteiger partial charge on any atom is -0.204 e. The third-order valence-corrected chi connectivity index (χ3v) is 2.80. The van der Waals surface area contributed by atoms with Crippen molar-refractivity contribution < 1.29 is 8.78 Å². The van der Waals surface area contributed by atoms with E-state index in [0.29, 0.717) is 17.9 Å². The summed E-state index contributed by atoms with van der Waals surface area (Å²) in [4.78, 5) is 0. The monoisotopic (exact) mass is 252 g/mol. The van der Waals surface area contributed by atoms with Crippen molar-refractivity contribution in [1.29, 1.82) is 0 Å². The molecule has 0 nitrogen and oxygen atoms in total. The smallest absolute Gasteiger partial charge is 0.160 e. The normalized spacial score (nSPS) is 13.3. The van der Waals surface area contributed by atoms with E-state index in [1.54, 1.807) is 0 Å². The van der Waals surface area contributed by atoms with Gasteiger partial charge < -0.3 is 0 Å². The summed E-state index contributed by atoms with van der Waals surface area (Å²) in [5.74, 6) is -1.49. The lowest BCUT2D eigenvalue weighted by atomic mass is 10.0. The van der Waals surface area contributed by atoms with Gasteiger partial charge in [0, 0.05) is 5.02 Å². The van der Waals surface area contributed by atoms with Crippen LogP contribution in [0.1, 0.15) is 31.2 Å². The van der Waals surface area contributed by atoms with Crippen molar-refractivity contribution >= 4 is 23.2 Å². The first-order valence-corrected chi connectivity index (χ1v) is 5.51. The fraction of sp³-hybridized carbons (Fsp3) is 0.455. The van der Waals surface area contributed by atoms with Crippen LogP contribution in [0, 0.1) is 17.6 Å². The SMILES string of the molecule is CC(C)CC(Cl)c1cc(F)c(F)cc1Cl. The molecule has 1 aromatic rings. The Morgan fingerprint density at radius 1 is 1.20 bits per heavy atom. The topological polar surface area (TPSA) is 0 Å². The van der Waals surface area contributed by atoms with Crippen LogP contribution in [0.2, 0.25) is 5.02 Å². The van der Waals surface area contributed by atoms with Crippen LogP contribution in [0.5, 0.6) is 0 Å². The van der Waals surface area contributed by atoms with Gasteiger partial charge in [-0.05, 0) is 30.0 Å². The lowest BCUT2D eigenvalue weighted by molar-refractivity contribution is 0.504. The second kappa shape index (κ2) is 5.13. The maximum absolute atomic E-state index is 13.0.